The first-order valence-electron chi connectivity index (χ1n) is 5.72. The van der Waals surface area contributed by atoms with Gasteiger partial charge in [-0.1, -0.05) is 6.07 Å². The Morgan fingerprint density at radius 2 is 1.94 bits per heavy atom. The Bertz CT molecular complexity index is 427. The van der Waals surface area contributed by atoms with E-state index in [2.05, 4.69) is 4.90 Å². The third kappa shape index (κ3) is 2.81. The largest absolute Gasteiger partial charge is 0.419 e. The number of hydrogen-bond donors (Lipinski definition) is 1. The molecule has 1 aliphatic rings. The first kappa shape index (κ1) is 13.3. The van der Waals surface area contributed by atoms with E-state index in [0.29, 0.717) is 12.1 Å². The summed E-state index contributed by atoms with van der Waals surface area (Å²) in [6.07, 6.45) is -3.60. The summed E-state index contributed by atoms with van der Waals surface area (Å²) in [5, 5.41) is 0. The Hall–Kier alpha value is -1.14. The normalized spacial score (nSPS) is 18.5. The van der Waals surface area contributed by atoms with Crippen molar-refractivity contribution in [3.63, 3.8) is 0 Å². The molecule has 2 N–H and O–H groups in total. The lowest BCUT2D eigenvalue weighted by atomic mass is 10.0. The minimum Gasteiger partial charge on any atom is -0.323 e. The fourth-order valence-corrected chi connectivity index (χ4v) is 1.94. The van der Waals surface area contributed by atoms with Crippen molar-refractivity contribution in [2.24, 2.45) is 5.73 Å². The maximum atomic E-state index is 13.1. The Kier molecular flexibility index (Phi) is 3.59. The number of likely N-dealkylation sites (tertiary alicyclic amines) is 1. The molecule has 0 aromatic heterocycles. The summed E-state index contributed by atoms with van der Waals surface area (Å²) in [5.41, 5.74) is 4.90. The van der Waals surface area contributed by atoms with Gasteiger partial charge in [0, 0.05) is 12.6 Å². The molecular formula is C12H14F4N2. The highest BCUT2D eigenvalue weighted by Crippen LogP contribution is 2.32. The van der Waals surface area contributed by atoms with Gasteiger partial charge in [0.15, 0.2) is 0 Å². The van der Waals surface area contributed by atoms with Gasteiger partial charge < -0.3 is 10.6 Å². The van der Waals surface area contributed by atoms with Crippen molar-refractivity contribution in [1.82, 2.24) is 4.90 Å². The summed E-state index contributed by atoms with van der Waals surface area (Å²) in [7, 11) is 0. The summed E-state index contributed by atoms with van der Waals surface area (Å²) >= 11 is 0. The SMILES string of the molecule is N[C@H](CN1CCC1)c1ccc(F)c(C(F)(F)F)c1. The van der Waals surface area contributed by atoms with E-state index in [-0.39, 0.29) is 0 Å². The second-order valence-corrected chi connectivity index (χ2v) is 4.50. The van der Waals surface area contributed by atoms with Crippen molar-refractivity contribution < 1.29 is 17.6 Å². The Balaban J connectivity index is 2.17. The molecule has 6 heteroatoms. The number of halogens is 4. The lowest BCUT2D eigenvalue weighted by Gasteiger charge is -2.33. The Labute approximate surface area is 102 Å². The topological polar surface area (TPSA) is 29.3 Å². The van der Waals surface area contributed by atoms with Gasteiger partial charge in [0.1, 0.15) is 5.82 Å². The summed E-state index contributed by atoms with van der Waals surface area (Å²) in [4.78, 5) is 2.06. The molecule has 1 heterocycles. The van der Waals surface area contributed by atoms with Crippen molar-refractivity contribution in [1.29, 1.82) is 0 Å². The number of nitrogens with zero attached hydrogens (tertiary/aromatic N) is 1. The van der Waals surface area contributed by atoms with Crippen LogP contribution in [-0.2, 0) is 6.18 Å². The quantitative estimate of drug-likeness (QED) is 0.848. The molecule has 0 bridgehead atoms. The van der Waals surface area contributed by atoms with Crippen LogP contribution in [0.4, 0.5) is 17.6 Å². The Morgan fingerprint density at radius 1 is 1.28 bits per heavy atom. The van der Waals surface area contributed by atoms with Crippen LogP contribution in [0.25, 0.3) is 0 Å². The monoisotopic (exact) mass is 262 g/mol. The van der Waals surface area contributed by atoms with Crippen LogP contribution in [0.2, 0.25) is 0 Å². The van der Waals surface area contributed by atoms with Gasteiger partial charge in [-0.05, 0) is 37.2 Å². The first-order chi connectivity index (χ1) is 8.38. The number of hydrogen-bond acceptors (Lipinski definition) is 2. The number of alkyl halides is 3. The van der Waals surface area contributed by atoms with Gasteiger partial charge in [-0.15, -0.1) is 0 Å². The molecule has 0 radical (unpaired) electrons. The van der Waals surface area contributed by atoms with Crippen LogP contribution in [0.1, 0.15) is 23.6 Å². The molecule has 1 saturated heterocycles. The van der Waals surface area contributed by atoms with Crippen molar-refractivity contribution in [2.45, 2.75) is 18.6 Å². The van der Waals surface area contributed by atoms with Crippen LogP contribution in [0.3, 0.4) is 0 Å². The molecule has 0 unspecified atom stereocenters. The smallest absolute Gasteiger partial charge is 0.323 e. The van der Waals surface area contributed by atoms with Crippen molar-refractivity contribution in [3.8, 4) is 0 Å². The van der Waals surface area contributed by atoms with E-state index in [1.165, 1.54) is 6.07 Å². The van der Waals surface area contributed by atoms with Gasteiger partial charge in [0.25, 0.3) is 0 Å². The average molecular weight is 262 g/mol. The van der Waals surface area contributed by atoms with Crippen LogP contribution in [0.15, 0.2) is 18.2 Å². The summed E-state index contributed by atoms with van der Waals surface area (Å²) in [6.45, 7) is 2.34. The highest BCUT2D eigenvalue weighted by molar-refractivity contribution is 5.29. The Morgan fingerprint density at radius 3 is 2.44 bits per heavy atom. The first-order valence-corrected chi connectivity index (χ1v) is 5.72. The molecule has 100 valence electrons. The van der Waals surface area contributed by atoms with E-state index in [1.807, 2.05) is 0 Å². The molecule has 1 atom stereocenters. The molecule has 2 rings (SSSR count). The maximum Gasteiger partial charge on any atom is 0.419 e. The molecule has 18 heavy (non-hydrogen) atoms. The molecule has 0 aliphatic carbocycles. The summed E-state index contributed by atoms with van der Waals surface area (Å²) in [5.74, 6) is -1.26. The maximum absolute atomic E-state index is 13.1. The van der Waals surface area contributed by atoms with E-state index in [9.17, 15) is 17.6 Å². The zero-order valence-corrected chi connectivity index (χ0v) is 9.67. The fraction of sp³-hybridized carbons (Fsp3) is 0.500. The van der Waals surface area contributed by atoms with E-state index in [1.54, 1.807) is 0 Å². The number of rotatable bonds is 3. The van der Waals surface area contributed by atoms with Gasteiger partial charge in [0.2, 0.25) is 0 Å². The highest BCUT2D eigenvalue weighted by atomic mass is 19.4. The molecule has 1 aromatic rings. The van der Waals surface area contributed by atoms with Crippen LogP contribution in [-0.4, -0.2) is 24.5 Å². The lowest BCUT2D eigenvalue weighted by Crippen LogP contribution is -2.41. The molecule has 1 aromatic carbocycles. The fourth-order valence-electron chi connectivity index (χ4n) is 1.94. The van der Waals surface area contributed by atoms with Crippen LogP contribution >= 0.6 is 0 Å². The second-order valence-electron chi connectivity index (χ2n) is 4.50. The number of nitrogens with two attached hydrogens (primary N) is 1. The third-order valence-electron chi connectivity index (χ3n) is 3.13. The standard InChI is InChI=1S/C12H14F4N2/c13-10-3-2-8(6-9(10)12(14,15)16)11(17)7-18-4-1-5-18/h2-3,6,11H,1,4-5,7,17H2/t11-/m1/s1. The van der Waals surface area contributed by atoms with E-state index >= 15 is 0 Å². The minimum absolute atomic E-state index is 0.315. The van der Waals surface area contributed by atoms with E-state index in [4.69, 9.17) is 5.73 Å². The average Bonchev–Trinajstić information content (AvgIpc) is 2.22. The van der Waals surface area contributed by atoms with Gasteiger partial charge >= 0.3 is 6.18 Å². The van der Waals surface area contributed by atoms with Gasteiger partial charge in [-0.2, -0.15) is 13.2 Å². The second kappa shape index (κ2) is 4.85. The van der Waals surface area contributed by atoms with Crippen LogP contribution in [0.5, 0.6) is 0 Å². The predicted octanol–water partition coefficient (Wildman–Crippen LogP) is 2.55. The predicted molar refractivity (Wildman–Crippen MR) is 59.4 cm³/mol. The minimum atomic E-state index is -4.68. The van der Waals surface area contributed by atoms with Crippen LogP contribution in [0, 0.1) is 5.82 Å². The van der Waals surface area contributed by atoms with E-state index in [0.717, 1.165) is 31.6 Å². The third-order valence-corrected chi connectivity index (χ3v) is 3.13. The van der Waals surface area contributed by atoms with E-state index < -0.39 is 23.6 Å². The van der Waals surface area contributed by atoms with Crippen LogP contribution < -0.4 is 5.73 Å². The van der Waals surface area contributed by atoms with Crippen molar-refractivity contribution >= 4 is 0 Å². The molecule has 1 aliphatic heterocycles. The molecule has 2 nitrogen and oxygen atoms in total. The van der Waals surface area contributed by atoms with Crippen molar-refractivity contribution in [2.75, 3.05) is 19.6 Å². The highest BCUT2D eigenvalue weighted by Gasteiger charge is 2.34. The van der Waals surface area contributed by atoms with Gasteiger partial charge in [-0.25, -0.2) is 4.39 Å². The summed E-state index contributed by atoms with van der Waals surface area (Å²) < 4.78 is 50.7. The lowest BCUT2D eigenvalue weighted by molar-refractivity contribution is -0.140. The molecule has 0 amide bonds. The molecule has 0 spiro atoms. The molecule has 0 saturated carbocycles. The summed E-state index contributed by atoms with van der Waals surface area (Å²) in [6, 6.07) is 2.43. The van der Waals surface area contributed by atoms with Gasteiger partial charge in [0.05, 0.1) is 5.56 Å². The van der Waals surface area contributed by atoms with Gasteiger partial charge in [-0.3, -0.25) is 0 Å². The van der Waals surface area contributed by atoms with Crippen molar-refractivity contribution in [3.05, 3.63) is 35.1 Å². The number of benzene rings is 1. The zero-order valence-electron chi connectivity index (χ0n) is 9.67. The molecular weight excluding hydrogens is 248 g/mol. The molecule has 1 fully saturated rings. The zero-order chi connectivity index (χ0) is 13.3.